The average molecular weight is 370 g/mol. The number of morpholine rings is 1. The Kier molecular flexibility index (Phi) is 5.50. The molecule has 0 spiro atoms. The Labute approximate surface area is 161 Å². The third-order valence-electron chi connectivity index (χ3n) is 6.44. The lowest BCUT2D eigenvalue weighted by molar-refractivity contribution is -0.121. The minimum absolute atomic E-state index is 0.120. The summed E-state index contributed by atoms with van der Waals surface area (Å²) in [5.74, 6) is 0.121. The number of fused-ring (bicyclic) bond motifs is 1. The van der Waals surface area contributed by atoms with Crippen LogP contribution in [0.1, 0.15) is 43.2 Å². The van der Waals surface area contributed by atoms with Crippen molar-refractivity contribution in [2.75, 3.05) is 32.8 Å². The van der Waals surface area contributed by atoms with Crippen LogP contribution in [0.4, 0.5) is 0 Å². The Morgan fingerprint density at radius 2 is 2.00 bits per heavy atom. The number of ether oxygens (including phenoxy) is 1. The lowest BCUT2D eigenvalue weighted by Gasteiger charge is -2.48. The zero-order chi connectivity index (χ0) is 18.7. The first kappa shape index (κ1) is 18.5. The quantitative estimate of drug-likeness (QED) is 0.851. The van der Waals surface area contributed by atoms with E-state index in [0.29, 0.717) is 6.42 Å². The standard InChI is InChI=1S/C22H31N3O2/c1-17-6-5-7-19-18(15-23-21(17)19)14-20(26)24-16-22(8-3-2-4-9-22)25-10-12-27-13-11-25/h5-7,15,23H,2-4,8-14,16H2,1H3,(H,24,26). The number of benzene rings is 1. The van der Waals surface area contributed by atoms with Gasteiger partial charge in [-0.25, -0.2) is 0 Å². The summed E-state index contributed by atoms with van der Waals surface area (Å²) in [4.78, 5) is 18.6. The molecule has 2 fully saturated rings. The van der Waals surface area contributed by atoms with E-state index in [0.717, 1.165) is 49.3 Å². The number of aromatic amines is 1. The van der Waals surface area contributed by atoms with Crippen molar-refractivity contribution in [2.24, 2.45) is 0 Å². The van der Waals surface area contributed by atoms with E-state index >= 15 is 0 Å². The van der Waals surface area contributed by atoms with E-state index in [-0.39, 0.29) is 11.4 Å². The maximum atomic E-state index is 12.7. The first-order chi connectivity index (χ1) is 13.2. The van der Waals surface area contributed by atoms with E-state index in [1.807, 2.05) is 6.20 Å². The third-order valence-corrected chi connectivity index (χ3v) is 6.44. The minimum atomic E-state index is 0.120. The molecule has 2 aromatic rings. The summed E-state index contributed by atoms with van der Waals surface area (Å²) < 4.78 is 5.55. The number of H-pyrrole nitrogens is 1. The van der Waals surface area contributed by atoms with Gasteiger partial charge in [-0.15, -0.1) is 0 Å². The maximum absolute atomic E-state index is 12.7. The number of para-hydroxylation sites is 1. The number of aryl methyl sites for hydroxylation is 1. The Hall–Kier alpha value is -1.85. The summed E-state index contributed by atoms with van der Waals surface area (Å²) in [5, 5.41) is 4.43. The van der Waals surface area contributed by atoms with Gasteiger partial charge in [-0.05, 0) is 30.9 Å². The minimum Gasteiger partial charge on any atom is -0.379 e. The van der Waals surface area contributed by atoms with Crippen molar-refractivity contribution in [3.05, 3.63) is 35.5 Å². The van der Waals surface area contributed by atoms with Crippen LogP contribution in [-0.4, -0.2) is 54.2 Å². The molecule has 5 heteroatoms. The number of carbonyl (C=O) groups is 1. The number of amides is 1. The number of hydrogen-bond acceptors (Lipinski definition) is 3. The summed E-state index contributed by atoms with van der Waals surface area (Å²) in [5.41, 5.74) is 3.55. The number of carbonyl (C=O) groups excluding carboxylic acids is 1. The molecule has 0 radical (unpaired) electrons. The molecule has 2 N–H and O–H groups in total. The molecule has 4 rings (SSSR count). The monoisotopic (exact) mass is 369 g/mol. The largest absolute Gasteiger partial charge is 0.379 e. The number of nitrogens with one attached hydrogen (secondary N) is 2. The molecular formula is C22H31N3O2. The highest BCUT2D eigenvalue weighted by Crippen LogP contribution is 2.34. The summed E-state index contributed by atoms with van der Waals surface area (Å²) >= 11 is 0. The van der Waals surface area contributed by atoms with Gasteiger partial charge in [0.1, 0.15) is 0 Å². The van der Waals surface area contributed by atoms with Crippen LogP contribution in [0.15, 0.2) is 24.4 Å². The van der Waals surface area contributed by atoms with E-state index in [4.69, 9.17) is 4.74 Å². The van der Waals surface area contributed by atoms with Crippen LogP contribution >= 0.6 is 0 Å². The first-order valence-electron chi connectivity index (χ1n) is 10.3. The van der Waals surface area contributed by atoms with Gasteiger partial charge >= 0.3 is 0 Å². The Morgan fingerprint density at radius 3 is 2.78 bits per heavy atom. The average Bonchev–Trinajstić information content (AvgIpc) is 3.12. The second-order valence-corrected chi connectivity index (χ2v) is 8.15. The van der Waals surface area contributed by atoms with E-state index < -0.39 is 0 Å². The van der Waals surface area contributed by atoms with Crippen LogP contribution < -0.4 is 5.32 Å². The van der Waals surface area contributed by atoms with Gasteiger partial charge in [0, 0.05) is 42.3 Å². The number of nitrogens with zero attached hydrogens (tertiary/aromatic N) is 1. The molecule has 1 aromatic heterocycles. The van der Waals surface area contributed by atoms with Gasteiger partial charge in [0.25, 0.3) is 0 Å². The number of aromatic nitrogens is 1. The van der Waals surface area contributed by atoms with Crippen molar-refractivity contribution in [1.82, 2.24) is 15.2 Å². The van der Waals surface area contributed by atoms with Crippen LogP contribution in [0.25, 0.3) is 10.9 Å². The molecule has 2 heterocycles. The van der Waals surface area contributed by atoms with Gasteiger partial charge in [0.05, 0.1) is 19.6 Å². The molecule has 0 bridgehead atoms. The van der Waals surface area contributed by atoms with Crippen molar-refractivity contribution in [1.29, 1.82) is 0 Å². The number of rotatable bonds is 5. The molecule has 1 aliphatic heterocycles. The van der Waals surface area contributed by atoms with Crippen LogP contribution in [0.2, 0.25) is 0 Å². The third kappa shape index (κ3) is 3.90. The second kappa shape index (κ2) is 8.03. The van der Waals surface area contributed by atoms with Crippen molar-refractivity contribution >= 4 is 16.8 Å². The fourth-order valence-electron chi connectivity index (χ4n) is 4.86. The van der Waals surface area contributed by atoms with Gasteiger partial charge in [-0.1, -0.05) is 37.5 Å². The lowest BCUT2D eigenvalue weighted by atomic mass is 9.79. The van der Waals surface area contributed by atoms with E-state index in [1.165, 1.54) is 37.7 Å². The summed E-state index contributed by atoms with van der Waals surface area (Å²) in [7, 11) is 0. The lowest BCUT2D eigenvalue weighted by Crippen LogP contribution is -2.59. The van der Waals surface area contributed by atoms with Gasteiger partial charge in [-0.2, -0.15) is 0 Å². The molecule has 1 saturated heterocycles. The Balaban J connectivity index is 1.42. The van der Waals surface area contributed by atoms with E-state index in [2.05, 4.69) is 40.3 Å². The molecular weight excluding hydrogens is 338 g/mol. The van der Waals surface area contributed by atoms with Crippen LogP contribution in [0.5, 0.6) is 0 Å². The topological polar surface area (TPSA) is 57.4 Å². The molecule has 2 aliphatic rings. The highest BCUT2D eigenvalue weighted by atomic mass is 16.5. The van der Waals surface area contributed by atoms with Gasteiger partial charge in [-0.3, -0.25) is 9.69 Å². The fraction of sp³-hybridized carbons (Fsp3) is 0.591. The smallest absolute Gasteiger partial charge is 0.224 e. The van der Waals surface area contributed by atoms with Crippen LogP contribution in [0, 0.1) is 6.92 Å². The predicted octanol–water partition coefficient (Wildman–Crippen LogP) is 3.17. The normalized spacial score (nSPS) is 20.6. The molecule has 1 aromatic carbocycles. The van der Waals surface area contributed by atoms with Crippen LogP contribution in [-0.2, 0) is 16.0 Å². The molecule has 5 nitrogen and oxygen atoms in total. The maximum Gasteiger partial charge on any atom is 0.224 e. The summed E-state index contributed by atoms with van der Waals surface area (Å²) in [6, 6.07) is 6.25. The molecule has 1 aliphatic carbocycles. The highest BCUT2D eigenvalue weighted by Gasteiger charge is 2.38. The second-order valence-electron chi connectivity index (χ2n) is 8.15. The van der Waals surface area contributed by atoms with Crippen LogP contribution in [0.3, 0.4) is 0 Å². The molecule has 27 heavy (non-hydrogen) atoms. The summed E-state index contributed by atoms with van der Waals surface area (Å²) in [6.07, 6.45) is 8.61. The fourth-order valence-corrected chi connectivity index (χ4v) is 4.86. The van der Waals surface area contributed by atoms with Crippen molar-refractivity contribution < 1.29 is 9.53 Å². The first-order valence-corrected chi connectivity index (χ1v) is 10.3. The molecule has 0 atom stereocenters. The zero-order valence-electron chi connectivity index (χ0n) is 16.4. The molecule has 0 unspecified atom stereocenters. The highest BCUT2D eigenvalue weighted by molar-refractivity contribution is 5.90. The Bertz CT molecular complexity index is 786. The Morgan fingerprint density at radius 1 is 1.22 bits per heavy atom. The van der Waals surface area contributed by atoms with Crippen molar-refractivity contribution in [3.63, 3.8) is 0 Å². The van der Waals surface area contributed by atoms with Gasteiger partial charge < -0.3 is 15.0 Å². The molecule has 146 valence electrons. The molecule has 1 amide bonds. The van der Waals surface area contributed by atoms with Crippen molar-refractivity contribution in [3.8, 4) is 0 Å². The van der Waals surface area contributed by atoms with Crippen molar-refractivity contribution in [2.45, 2.75) is 51.0 Å². The zero-order valence-corrected chi connectivity index (χ0v) is 16.4. The van der Waals surface area contributed by atoms with Gasteiger partial charge in [0.2, 0.25) is 5.91 Å². The van der Waals surface area contributed by atoms with Gasteiger partial charge in [0.15, 0.2) is 0 Å². The molecule has 1 saturated carbocycles. The van der Waals surface area contributed by atoms with E-state index in [9.17, 15) is 4.79 Å². The SMILES string of the molecule is Cc1cccc2c(CC(=O)NCC3(N4CCOCC4)CCCCC3)c[nH]c12. The van der Waals surface area contributed by atoms with E-state index in [1.54, 1.807) is 0 Å². The summed E-state index contributed by atoms with van der Waals surface area (Å²) in [6.45, 7) is 6.44. The predicted molar refractivity (Wildman–Crippen MR) is 108 cm³/mol. The number of hydrogen-bond donors (Lipinski definition) is 2.